The number of carboxylic acids is 2. The summed E-state index contributed by atoms with van der Waals surface area (Å²) in [6.45, 7) is 7.49. The molecule has 5 atom stereocenters. The molecule has 2 amide bonds. The van der Waals surface area contributed by atoms with Crippen LogP contribution in [0.3, 0.4) is 0 Å². The fraction of sp³-hybridized carbons (Fsp3) is 0.318. The standard InChI is InChI=1S/C22H24INO6.C22H25NO6/c1-3-14(2)19(24-22(28)29-13-15-7-5-4-6-8-15)21(27)30-17-9-10-18(20(25)26)16(11-17)12-23;1-3-15(2)18(23-22(27)28-14-16-10-6-4-7-11-16)21(26)29-19(20(24)25)17-12-8-5-9-13-17/h4-11,14,19H,3,12-13H2,1-2H3,(H,24,28)(H,25,26);4-13,15,18-19H,3,14H2,1-2H3,(H,23,27)(H,24,25)/t14-,19-;15-,18-,19?/m00/s1. The van der Waals surface area contributed by atoms with Crippen molar-refractivity contribution in [1.82, 2.24) is 10.6 Å². The smallest absolute Gasteiger partial charge is 0.408 e. The van der Waals surface area contributed by atoms with Crippen LogP contribution in [0.4, 0.5) is 9.59 Å². The Morgan fingerprint density at radius 2 is 1.10 bits per heavy atom. The minimum absolute atomic E-state index is 0.0523. The van der Waals surface area contributed by atoms with Gasteiger partial charge < -0.3 is 39.8 Å². The molecule has 0 saturated heterocycles. The lowest BCUT2D eigenvalue weighted by Gasteiger charge is -2.24. The number of nitrogens with one attached hydrogen (secondary N) is 2. The molecule has 14 nitrogen and oxygen atoms in total. The lowest BCUT2D eigenvalue weighted by molar-refractivity contribution is -0.166. The highest BCUT2D eigenvalue weighted by Gasteiger charge is 2.33. The van der Waals surface area contributed by atoms with Crippen LogP contribution in [0.15, 0.2) is 109 Å². The van der Waals surface area contributed by atoms with E-state index >= 15 is 0 Å². The maximum atomic E-state index is 12.7. The molecular weight excluding hydrogens is 875 g/mol. The van der Waals surface area contributed by atoms with Gasteiger partial charge in [-0.2, -0.15) is 0 Å². The van der Waals surface area contributed by atoms with Crippen molar-refractivity contribution in [1.29, 1.82) is 0 Å². The molecule has 0 aliphatic carbocycles. The van der Waals surface area contributed by atoms with Gasteiger partial charge >= 0.3 is 36.1 Å². The zero-order valence-electron chi connectivity index (χ0n) is 33.2. The van der Waals surface area contributed by atoms with E-state index in [9.17, 15) is 39.0 Å². The van der Waals surface area contributed by atoms with Crippen LogP contribution in [-0.4, -0.2) is 58.4 Å². The van der Waals surface area contributed by atoms with E-state index in [1.165, 1.54) is 18.2 Å². The third kappa shape index (κ3) is 15.7. The first-order valence-electron chi connectivity index (χ1n) is 18.8. The molecule has 0 aromatic heterocycles. The molecular formula is C44H49IN2O12. The topological polar surface area (TPSA) is 204 Å². The summed E-state index contributed by atoms with van der Waals surface area (Å²) < 4.78 is 21.5. The molecule has 4 aromatic rings. The number of carboxylic acid groups (broad SMARTS) is 2. The number of aromatic carboxylic acids is 1. The summed E-state index contributed by atoms with van der Waals surface area (Å²) in [5, 5.41) is 23.8. The predicted octanol–water partition coefficient (Wildman–Crippen LogP) is 8.26. The number of carbonyl (C=O) groups excluding carboxylic acids is 4. The highest BCUT2D eigenvalue weighted by molar-refractivity contribution is 14.1. The Balaban J connectivity index is 0.000000316. The van der Waals surface area contributed by atoms with Crippen molar-refractivity contribution in [3.8, 4) is 5.75 Å². The summed E-state index contributed by atoms with van der Waals surface area (Å²) in [4.78, 5) is 72.7. The number of benzene rings is 4. The first-order valence-corrected chi connectivity index (χ1v) is 20.4. The van der Waals surface area contributed by atoms with Crippen molar-refractivity contribution in [3.63, 3.8) is 0 Å². The van der Waals surface area contributed by atoms with Gasteiger partial charge in [0.15, 0.2) is 0 Å². The monoisotopic (exact) mass is 924 g/mol. The highest BCUT2D eigenvalue weighted by Crippen LogP contribution is 2.23. The molecule has 0 spiro atoms. The van der Waals surface area contributed by atoms with Crippen LogP contribution in [0, 0.1) is 11.8 Å². The molecule has 4 aromatic carbocycles. The van der Waals surface area contributed by atoms with Crippen LogP contribution in [0.25, 0.3) is 0 Å². The molecule has 0 heterocycles. The normalized spacial score (nSPS) is 13.0. The molecule has 1 unspecified atom stereocenters. The molecule has 0 saturated carbocycles. The van der Waals surface area contributed by atoms with Crippen LogP contribution in [0.1, 0.15) is 79.3 Å². The van der Waals surface area contributed by atoms with E-state index < -0.39 is 54.3 Å². The van der Waals surface area contributed by atoms with Gasteiger partial charge in [-0.15, -0.1) is 0 Å². The van der Waals surface area contributed by atoms with Crippen molar-refractivity contribution in [2.75, 3.05) is 0 Å². The third-order valence-electron chi connectivity index (χ3n) is 9.14. The second-order valence-corrected chi connectivity index (χ2v) is 14.1. The van der Waals surface area contributed by atoms with Gasteiger partial charge in [0, 0.05) is 9.99 Å². The number of alkyl halides is 1. The summed E-state index contributed by atoms with van der Waals surface area (Å²) in [5.41, 5.74) is 2.68. The molecule has 4 rings (SSSR count). The van der Waals surface area contributed by atoms with Gasteiger partial charge in [-0.25, -0.2) is 28.8 Å². The van der Waals surface area contributed by atoms with Crippen LogP contribution >= 0.6 is 22.6 Å². The van der Waals surface area contributed by atoms with Gasteiger partial charge in [-0.1, -0.05) is 154 Å². The van der Waals surface area contributed by atoms with Crippen LogP contribution < -0.4 is 15.4 Å². The first-order chi connectivity index (χ1) is 28.3. The van der Waals surface area contributed by atoms with Crippen LogP contribution in [0.2, 0.25) is 0 Å². The zero-order chi connectivity index (χ0) is 43.3. The lowest BCUT2D eigenvalue weighted by Crippen LogP contribution is -2.47. The summed E-state index contributed by atoms with van der Waals surface area (Å²) in [5.74, 6) is -4.04. The number of hydrogen-bond acceptors (Lipinski definition) is 10. The van der Waals surface area contributed by atoms with Crippen molar-refractivity contribution >= 4 is 58.7 Å². The summed E-state index contributed by atoms with van der Waals surface area (Å²) in [7, 11) is 0. The van der Waals surface area contributed by atoms with Gasteiger partial charge in [0.05, 0.1) is 5.56 Å². The van der Waals surface area contributed by atoms with Crippen molar-refractivity contribution in [2.24, 2.45) is 11.8 Å². The molecule has 0 bridgehead atoms. The second kappa shape index (κ2) is 24.7. The number of alkyl carbamates (subject to hydrolysis) is 2. The maximum Gasteiger partial charge on any atom is 0.408 e. The Hall–Kier alpha value is -5.97. The number of ether oxygens (including phenoxy) is 4. The van der Waals surface area contributed by atoms with Crippen LogP contribution in [0.5, 0.6) is 5.75 Å². The Kier molecular flexibility index (Phi) is 19.9. The third-order valence-corrected chi connectivity index (χ3v) is 9.96. The van der Waals surface area contributed by atoms with E-state index in [-0.39, 0.29) is 36.4 Å². The highest BCUT2D eigenvalue weighted by atomic mass is 127. The lowest BCUT2D eigenvalue weighted by atomic mass is 9.99. The van der Waals surface area contributed by atoms with E-state index in [0.717, 1.165) is 11.1 Å². The molecule has 0 aliphatic heterocycles. The van der Waals surface area contributed by atoms with Gasteiger partial charge in [0.1, 0.15) is 31.0 Å². The van der Waals surface area contributed by atoms with E-state index in [1.807, 2.05) is 104 Å². The van der Waals surface area contributed by atoms with E-state index in [4.69, 9.17) is 18.9 Å². The molecule has 0 radical (unpaired) electrons. The average Bonchev–Trinajstić information content (AvgIpc) is 3.25. The quantitative estimate of drug-likeness (QED) is 0.0245. The fourth-order valence-electron chi connectivity index (χ4n) is 5.33. The molecule has 314 valence electrons. The number of hydrogen-bond donors (Lipinski definition) is 4. The number of halogens is 1. The molecule has 15 heteroatoms. The van der Waals surface area contributed by atoms with Gasteiger partial charge in [-0.05, 0) is 46.7 Å². The van der Waals surface area contributed by atoms with Crippen LogP contribution in [-0.2, 0) is 46.2 Å². The Morgan fingerprint density at radius 1 is 0.644 bits per heavy atom. The summed E-state index contributed by atoms with van der Waals surface area (Å²) in [6, 6.07) is 28.9. The fourth-order valence-corrected chi connectivity index (χ4v) is 5.96. The predicted molar refractivity (Wildman–Crippen MR) is 226 cm³/mol. The second-order valence-electron chi connectivity index (χ2n) is 13.4. The minimum Gasteiger partial charge on any atom is -0.478 e. The molecule has 0 aliphatic rings. The van der Waals surface area contributed by atoms with Gasteiger partial charge in [-0.3, -0.25) is 0 Å². The first kappa shape index (κ1) is 47.4. The molecule has 59 heavy (non-hydrogen) atoms. The SMILES string of the molecule is CC[C@H](C)[C@H](NC(=O)OCc1ccccc1)C(=O)OC(C(=O)O)c1ccccc1.CC[C@H](C)[C@H](NC(=O)OCc1ccccc1)C(=O)Oc1ccc(C(=O)O)c(CI)c1. The molecule has 4 N–H and O–H groups in total. The number of carbonyl (C=O) groups is 6. The van der Waals surface area contributed by atoms with Crippen molar-refractivity contribution in [2.45, 2.75) is 76.4 Å². The number of aliphatic carboxylic acids is 1. The van der Waals surface area contributed by atoms with Crippen molar-refractivity contribution in [3.05, 3.63) is 137 Å². The van der Waals surface area contributed by atoms with E-state index in [0.29, 0.717) is 28.4 Å². The Bertz CT molecular complexity index is 1980. The summed E-state index contributed by atoms with van der Waals surface area (Å²) in [6.07, 6.45) is -1.74. The maximum absolute atomic E-state index is 12.7. The summed E-state index contributed by atoms with van der Waals surface area (Å²) >= 11 is 2.05. The molecule has 0 fully saturated rings. The average molecular weight is 925 g/mol. The van der Waals surface area contributed by atoms with Gasteiger partial charge in [0.2, 0.25) is 6.10 Å². The number of rotatable bonds is 18. The Labute approximate surface area is 356 Å². The largest absolute Gasteiger partial charge is 0.478 e. The zero-order valence-corrected chi connectivity index (χ0v) is 35.3. The Morgan fingerprint density at radius 3 is 1.53 bits per heavy atom. The van der Waals surface area contributed by atoms with Gasteiger partial charge in [0.25, 0.3) is 0 Å². The van der Waals surface area contributed by atoms with Crippen molar-refractivity contribution < 1.29 is 57.9 Å². The minimum atomic E-state index is -1.46. The van der Waals surface area contributed by atoms with E-state index in [1.54, 1.807) is 37.3 Å². The number of esters is 2. The van der Waals surface area contributed by atoms with E-state index in [2.05, 4.69) is 10.6 Å². The number of amides is 2.